The first-order valence-electron chi connectivity index (χ1n) is 7.21. The normalized spacial score (nSPS) is 10.9. The molecule has 1 aromatic carbocycles. The predicted octanol–water partition coefficient (Wildman–Crippen LogP) is 1.77. The third kappa shape index (κ3) is 3.91. The Hall–Kier alpha value is -2.70. The summed E-state index contributed by atoms with van der Waals surface area (Å²) >= 11 is 0. The summed E-state index contributed by atoms with van der Waals surface area (Å²) in [5, 5.41) is 10.2. The van der Waals surface area contributed by atoms with Crippen molar-refractivity contribution in [3.63, 3.8) is 0 Å². The van der Waals surface area contributed by atoms with Gasteiger partial charge in [-0.2, -0.15) is 15.2 Å². The van der Waals surface area contributed by atoms with Crippen molar-refractivity contribution in [3.8, 4) is 0 Å². The number of hydrazone groups is 1. The Bertz CT molecular complexity index is 688. The molecule has 0 spiro atoms. The van der Waals surface area contributed by atoms with Crippen LogP contribution in [0.25, 0.3) is 0 Å². The number of aromatic amines is 1. The number of H-pyrrole nitrogens is 1. The lowest BCUT2D eigenvalue weighted by Gasteiger charge is -2.20. The topological polar surface area (TPSA) is 86.3 Å². The standard InChI is InChI=1S/C15H20N6O/c1-4-21(5-2)13-8-6-12(7-9-13)10-16-19-14-11(3)18-20-15(22)17-14/h6-10H,4-5H2,1-3H3,(H2,17,19,20,22)/b16-10-. The van der Waals surface area contributed by atoms with Gasteiger partial charge in [0.15, 0.2) is 5.82 Å². The summed E-state index contributed by atoms with van der Waals surface area (Å²) in [6, 6.07) is 8.11. The summed E-state index contributed by atoms with van der Waals surface area (Å²) in [6.45, 7) is 7.96. The number of aromatic nitrogens is 3. The van der Waals surface area contributed by atoms with E-state index < -0.39 is 5.69 Å². The van der Waals surface area contributed by atoms with Gasteiger partial charge in [0, 0.05) is 18.8 Å². The second-order valence-corrected chi connectivity index (χ2v) is 4.71. The summed E-state index contributed by atoms with van der Waals surface area (Å²) in [4.78, 5) is 17.1. The van der Waals surface area contributed by atoms with E-state index in [2.05, 4.69) is 56.6 Å². The Kier molecular flexibility index (Phi) is 5.24. The molecule has 0 saturated heterocycles. The molecule has 0 atom stereocenters. The van der Waals surface area contributed by atoms with E-state index in [-0.39, 0.29) is 0 Å². The zero-order valence-electron chi connectivity index (χ0n) is 13.0. The highest BCUT2D eigenvalue weighted by molar-refractivity contribution is 5.80. The molecule has 0 bridgehead atoms. The average molecular weight is 300 g/mol. The minimum absolute atomic E-state index is 0.347. The monoisotopic (exact) mass is 300 g/mol. The molecule has 116 valence electrons. The van der Waals surface area contributed by atoms with E-state index in [9.17, 15) is 4.79 Å². The van der Waals surface area contributed by atoms with E-state index in [1.165, 1.54) is 5.69 Å². The average Bonchev–Trinajstić information content (AvgIpc) is 2.53. The number of rotatable bonds is 6. The van der Waals surface area contributed by atoms with Crippen LogP contribution in [0.5, 0.6) is 0 Å². The van der Waals surface area contributed by atoms with Gasteiger partial charge in [-0.05, 0) is 38.5 Å². The highest BCUT2D eigenvalue weighted by atomic mass is 16.1. The van der Waals surface area contributed by atoms with Crippen LogP contribution in [0.1, 0.15) is 25.1 Å². The van der Waals surface area contributed by atoms with Crippen LogP contribution in [-0.4, -0.2) is 34.5 Å². The van der Waals surface area contributed by atoms with E-state index in [0.717, 1.165) is 18.7 Å². The van der Waals surface area contributed by atoms with Crippen LogP contribution in [0.4, 0.5) is 11.5 Å². The van der Waals surface area contributed by atoms with Crippen molar-refractivity contribution < 1.29 is 0 Å². The minimum atomic E-state index is -0.508. The molecule has 0 saturated carbocycles. The van der Waals surface area contributed by atoms with Crippen LogP contribution < -0.4 is 16.0 Å². The first kappa shape index (κ1) is 15.7. The van der Waals surface area contributed by atoms with Crippen molar-refractivity contribution in [2.45, 2.75) is 20.8 Å². The molecule has 1 aromatic heterocycles. The first-order valence-corrected chi connectivity index (χ1v) is 7.21. The largest absolute Gasteiger partial charge is 0.372 e. The van der Waals surface area contributed by atoms with Gasteiger partial charge in [-0.15, -0.1) is 0 Å². The van der Waals surface area contributed by atoms with Gasteiger partial charge in [-0.25, -0.2) is 9.89 Å². The lowest BCUT2D eigenvalue weighted by Crippen LogP contribution is -2.21. The fraction of sp³-hybridized carbons (Fsp3) is 0.333. The Balaban J connectivity index is 2.04. The molecule has 0 aliphatic carbocycles. The number of aryl methyl sites for hydroxylation is 1. The highest BCUT2D eigenvalue weighted by Crippen LogP contribution is 2.14. The second-order valence-electron chi connectivity index (χ2n) is 4.71. The summed E-state index contributed by atoms with van der Waals surface area (Å²) in [6.07, 6.45) is 1.67. The summed E-state index contributed by atoms with van der Waals surface area (Å²) < 4.78 is 0. The van der Waals surface area contributed by atoms with Crippen LogP contribution >= 0.6 is 0 Å². The van der Waals surface area contributed by atoms with Crippen molar-refractivity contribution in [3.05, 3.63) is 46.0 Å². The molecule has 0 radical (unpaired) electrons. The van der Waals surface area contributed by atoms with E-state index in [1.807, 2.05) is 12.1 Å². The van der Waals surface area contributed by atoms with Crippen LogP contribution in [0.3, 0.4) is 0 Å². The van der Waals surface area contributed by atoms with Crippen LogP contribution in [0.15, 0.2) is 34.2 Å². The minimum Gasteiger partial charge on any atom is -0.372 e. The van der Waals surface area contributed by atoms with Crippen molar-refractivity contribution in [2.75, 3.05) is 23.4 Å². The van der Waals surface area contributed by atoms with E-state index in [1.54, 1.807) is 13.1 Å². The smallest absolute Gasteiger partial charge is 0.363 e. The van der Waals surface area contributed by atoms with Crippen LogP contribution in [-0.2, 0) is 0 Å². The quantitative estimate of drug-likeness (QED) is 0.627. The van der Waals surface area contributed by atoms with Crippen molar-refractivity contribution in [2.24, 2.45) is 5.10 Å². The Morgan fingerprint density at radius 2 is 1.95 bits per heavy atom. The van der Waals surface area contributed by atoms with Gasteiger partial charge in [0.25, 0.3) is 0 Å². The van der Waals surface area contributed by atoms with Gasteiger partial charge < -0.3 is 4.90 Å². The Labute approximate surface area is 129 Å². The number of anilines is 2. The van der Waals surface area contributed by atoms with Gasteiger partial charge in [0.2, 0.25) is 0 Å². The van der Waals surface area contributed by atoms with E-state index >= 15 is 0 Å². The zero-order valence-corrected chi connectivity index (χ0v) is 13.0. The third-order valence-electron chi connectivity index (χ3n) is 3.28. The molecule has 0 aliphatic heterocycles. The fourth-order valence-corrected chi connectivity index (χ4v) is 2.03. The van der Waals surface area contributed by atoms with Crippen LogP contribution in [0.2, 0.25) is 0 Å². The fourth-order valence-electron chi connectivity index (χ4n) is 2.03. The van der Waals surface area contributed by atoms with E-state index in [0.29, 0.717) is 11.5 Å². The Morgan fingerprint density at radius 1 is 1.27 bits per heavy atom. The molecule has 0 unspecified atom stereocenters. The molecule has 2 aromatic rings. The highest BCUT2D eigenvalue weighted by Gasteiger charge is 2.01. The predicted molar refractivity (Wildman–Crippen MR) is 88.6 cm³/mol. The molecule has 2 rings (SSSR count). The maximum Gasteiger partial charge on any atom is 0.363 e. The maximum atomic E-state index is 11.1. The van der Waals surface area contributed by atoms with Crippen molar-refractivity contribution >= 4 is 17.7 Å². The lowest BCUT2D eigenvalue weighted by molar-refractivity contribution is 0.866. The SMILES string of the molecule is CCN(CC)c1ccc(/C=N\Nc2nc(=O)[nH]nc2C)cc1. The van der Waals surface area contributed by atoms with Crippen molar-refractivity contribution in [1.29, 1.82) is 0 Å². The molecule has 7 nitrogen and oxygen atoms in total. The lowest BCUT2D eigenvalue weighted by atomic mass is 10.2. The third-order valence-corrected chi connectivity index (χ3v) is 3.28. The van der Waals surface area contributed by atoms with Gasteiger partial charge in [-0.1, -0.05) is 12.1 Å². The molecule has 0 amide bonds. The van der Waals surface area contributed by atoms with Crippen molar-refractivity contribution in [1.82, 2.24) is 15.2 Å². The summed E-state index contributed by atoms with van der Waals surface area (Å²) in [7, 11) is 0. The first-order chi connectivity index (χ1) is 10.6. The molecule has 22 heavy (non-hydrogen) atoms. The van der Waals surface area contributed by atoms with Gasteiger partial charge in [0.1, 0.15) is 5.69 Å². The zero-order chi connectivity index (χ0) is 15.9. The summed E-state index contributed by atoms with van der Waals surface area (Å²) in [5.74, 6) is 0.347. The molecule has 2 N–H and O–H groups in total. The summed E-state index contributed by atoms with van der Waals surface area (Å²) in [5.41, 5.74) is 4.94. The molecule has 0 fully saturated rings. The van der Waals surface area contributed by atoms with Gasteiger partial charge in [0.05, 0.1) is 6.21 Å². The number of nitrogens with one attached hydrogen (secondary N) is 2. The van der Waals surface area contributed by atoms with E-state index in [4.69, 9.17) is 0 Å². The number of hydrogen-bond acceptors (Lipinski definition) is 6. The molecule has 7 heteroatoms. The molecule has 1 heterocycles. The van der Waals surface area contributed by atoms with Gasteiger partial charge in [-0.3, -0.25) is 5.43 Å². The number of benzene rings is 1. The molecular formula is C15H20N6O. The molecule has 0 aliphatic rings. The van der Waals surface area contributed by atoms with Gasteiger partial charge >= 0.3 is 5.69 Å². The second kappa shape index (κ2) is 7.35. The number of hydrogen-bond donors (Lipinski definition) is 2. The Morgan fingerprint density at radius 3 is 2.59 bits per heavy atom. The maximum absolute atomic E-state index is 11.1. The number of nitrogens with zero attached hydrogens (tertiary/aromatic N) is 4. The van der Waals surface area contributed by atoms with Crippen LogP contribution in [0, 0.1) is 6.92 Å². The molecular weight excluding hydrogens is 280 g/mol.